The first kappa shape index (κ1) is 23.9. The molecule has 3 rings (SSSR count). The minimum absolute atomic E-state index is 0. The number of benzene rings is 1. The van der Waals surface area contributed by atoms with Gasteiger partial charge in [0.05, 0.1) is 0 Å². The van der Waals surface area contributed by atoms with Gasteiger partial charge in [0, 0.05) is 38.7 Å². The number of nitrogens with zero attached hydrogens (tertiary/aromatic N) is 4. The van der Waals surface area contributed by atoms with Crippen LogP contribution in [0.1, 0.15) is 37.5 Å². The van der Waals surface area contributed by atoms with E-state index < -0.39 is 0 Å². The van der Waals surface area contributed by atoms with Crippen LogP contribution in [0.25, 0.3) is 5.82 Å². The summed E-state index contributed by atoms with van der Waals surface area (Å²) in [5.74, 6) is 1.64. The van der Waals surface area contributed by atoms with Crippen molar-refractivity contribution < 1.29 is 0 Å². The van der Waals surface area contributed by atoms with E-state index in [0.717, 1.165) is 30.3 Å². The largest absolute Gasteiger partial charge is 0.356 e. The van der Waals surface area contributed by atoms with E-state index in [1.807, 2.05) is 23.0 Å². The monoisotopic (exact) mass is 518 g/mol. The maximum atomic E-state index is 4.47. The van der Waals surface area contributed by atoms with Crippen molar-refractivity contribution in [1.29, 1.82) is 0 Å². The van der Waals surface area contributed by atoms with Gasteiger partial charge in [0.2, 0.25) is 0 Å². The van der Waals surface area contributed by atoms with Gasteiger partial charge in [-0.15, -0.1) is 24.0 Å². The number of rotatable bonds is 6. The molecule has 3 aromatic rings. The number of imidazole rings is 1. The number of pyridine rings is 1. The summed E-state index contributed by atoms with van der Waals surface area (Å²) in [7, 11) is 1.79. The lowest BCUT2D eigenvalue weighted by Gasteiger charge is -2.19. The fourth-order valence-corrected chi connectivity index (χ4v) is 2.97. The van der Waals surface area contributed by atoms with E-state index in [-0.39, 0.29) is 29.4 Å². The van der Waals surface area contributed by atoms with E-state index >= 15 is 0 Å². The molecule has 0 amide bonds. The molecular formula is C23H31IN6. The summed E-state index contributed by atoms with van der Waals surface area (Å²) in [5, 5.41) is 6.71. The summed E-state index contributed by atoms with van der Waals surface area (Å²) < 4.78 is 1.88. The molecule has 0 atom stereocenters. The smallest absolute Gasteiger partial charge is 0.191 e. The van der Waals surface area contributed by atoms with Crippen molar-refractivity contribution in [2.24, 2.45) is 4.99 Å². The number of hydrogen-bond donors (Lipinski definition) is 2. The number of halogens is 1. The Morgan fingerprint density at radius 2 is 1.77 bits per heavy atom. The molecule has 0 aliphatic heterocycles. The summed E-state index contributed by atoms with van der Waals surface area (Å²) in [6, 6.07) is 12.9. The summed E-state index contributed by atoms with van der Waals surface area (Å²) in [5.41, 5.74) is 3.96. The molecule has 2 heterocycles. The zero-order valence-corrected chi connectivity index (χ0v) is 20.4. The maximum absolute atomic E-state index is 4.47. The van der Waals surface area contributed by atoms with Crippen LogP contribution in [0.2, 0.25) is 0 Å². The second-order valence-electron chi connectivity index (χ2n) is 8.04. The highest BCUT2D eigenvalue weighted by Crippen LogP contribution is 2.22. The van der Waals surface area contributed by atoms with Gasteiger partial charge in [0.25, 0.3) is 0 Å². The zero-order valence-electron chi connectivity index (χ0n) is 18.1. The summed E-state index contributed by atoms with van der Waals surface area (Å²) >= 11 is 0. The van der Waals surface area contributed by atoms with Crippen molar-refractivity contribution >= 4 is 29.9 Å². The Morgan fingerprint density at radius 1 is 1.03 bits per heavy atom. The molecule has 2 N–H and O–H groups in total. The lowest BCUT2D eigenvalue weighted by molar-refractivity contribution is 0.590. The minimum atomic E-state index is 0. The first-order valence-corrected chi connectivity index (χ1v) is 9.93. The standard InChI is InChI=1S/C23H30N6.HI/c1-23(2,3)20-8-5-18(6-9-20)11-12-26-22(24-4)28-16-19-7-10-21(27-15-19)29-14-13-25-17-29;/h5-10,13-15,17H,11-12,16H2,1-4H3,(H2,24,26,28);1H. The summed E-state index contributed by atoms with van der Waals surface area (Å²) in [6.45, 7) is 8.20. The van der Waals surface area contributed by atoms with Crippen molar-refractivity contribution in [3.63, 3.8) is 0 Å². The molecule has 1 aromatic carbocycles. The van der Waals surface area contributed by atoms with Gasteiger partial charge in [0.1, 0.15) is 12.1 Å². The Balaban J connectivity index is 0.00000320. The van der Waals surface area contributed by atoms with Crippen LogP contribution < -0.4 is 10.6 Å². The van der Waals surface area contributed by atoms with E-state index in [4.69, 9.17) is 0 Å². The second kappa shape index (κ2) is 11.1. The molecule has 0 radical (unpaired) electrons. The first-order chi connectivity index (χ1) is 14.0. The van der Waals surface area contributed by atoms with Crippen LogP contribution in [0.3, 0.4) is 0 Å². The number of guanidine groups is 1. The first-order valence-electron chi connectivity index (χ1n) is 9.93. The molecule has 0 unspecified atom stereocenters. The van der Waals surface area contributed by atoms with Crippen LogP contribution in [0.5, 0.6) is 0 Å². The highest BCUT2D eigenvalue weighted by atomic mass is 127. The van der Waals surface area contributed by atoms with Crippen LogP contribution in [-0.2, 0) is 18.4 Å². The Morgan fingerprint density at radius 3 is 2.33 bits per heavy atom. The van der Waals surface area contributed by atoms with Crippen molar-refractivity contribution in [3.05, 3.63) is 78.0 Å². The third-order valence-corrected chi connectivity index (χ3v) is 4.79. The third-order valence-electron chi connectivity index (χ3n) is 4.79. The molecule has 0 aliphatic rings. The number of hydrogen-bond acceptors (Lipinski definition) is 3. The molecule has 6 nitrogen and oxygen atoms in total. The molecule has 0 saturated carbocycles. The number of aliphatic imine (C=N–C) groups is 1. The van der Waals surface area contributed by atoms with Crippen LogP contribution in [0.15, 0.2) is 66.3 Å². The SMILES string of the molecule is CN=C(NCCc1ccc(C(C)(C)C)cc1)NCc1ccc(-n2ccnc2)nc1.I. The van der Waals surface area contributed by atoms with Gasteiger partial charge in [-0.25, -0.2) is 9.97 Å². The number of aromatic nitrogens is 3. The van der Waals surface area contributed by atoms with E-state index in [1.165, 1.54) is 11.1 Å². The van der Waals surface area contributed by atoms with E-state index in [1.54, 1.807) is 19.6 Å². The maximum Gasteiger partial charge on any atom is 0.191 e. The fraction of sp³-hybridized carbons (Fsp3) is 0.348. The lowest BCUT2D eigenvalue weighted by atomic mass is 9.86. The van der Waals surface area contributed by atoms with Gasteiger partial charge in [0.15, 0.2) is 5.96 Å². The van der Waals surface area contributed by atoms with Crippen molar-refractivity contribution in [2.45, 2.75) is 39.2 Å². The Hall–Kier alpha value is -2.42. The Kier molecular flexibility index (Phi) is 8.83. The van der Waals surface area contributed by atoms with E-state index in [2.05, 4.69) is 76.7 Å². The molecule has 160 valence electrons. The van der Waals surface area contributed by atoms with E-state index in [0.29, 0.717) is 6.54 Å². The van der Waals surface area contributed by atoms with Crippen LogP contribution >= 0.6 is 24.0 Å². The summed E-state index contributed by atoms with van der Waals surface area (Å²) in [6.07, 6.45) is 8.18. The number of nitrogens with one attached hydrogen (secondary N) is 2. The predicted octanol–water partition coefficient (Wildman–Crippen LogP) is 4.09. The van der Waals surface area contributed by atoms with Crippen LogP contribution in [0.4, 0.5) is 0 Å². The molecule has 0 bridgehead atoms. The second-order valence-corrected chi connectivity index (χ2v) is 8.04. The quantitative estimate of drug-likeness (QED) is 0.293. The highest BCUT2D eigenvalue weighted by molar-refractivity contribution is 14.0. The van der Waals surface area contributed by atoms with Gasteiger partial charge in [-0.2, -0.15) is 0 Å². The lowest BCUT2D eigenvalue weighted by Crippen LogP contribution is -2.37. The van der Waals surface area contributed by atoms with Gasteiger partial charge in [-0.1, -0.05) is 51.1 Å². The Bertz CT molecular complexity index is 910. The average Bonchev–Trinajstić information content (AvgIpc) is 3.25. The molecule has 7 heteroatoms. The molecule has 0 aliphatic carbocycles. The predicted molar refractivity (Wildman–Crippen MR) is 134 cm³/mol. The van der Waals surface area contributed by atoms with Gasteiger partial charge in [-0.3, -0.25) is 9.56 Å². The van der Waals surface area contributed by atoms with Gasteiger partial charge < -0.3 is 10.6 Å². The average molecular weight is 518 g/mol. The van der Waals surface area contributed by atoms with Gasteiger partial charge in [-0.05, 0) is 34.6 Å². The Labute approximate surface area is 196 Å². The third kappa shape index (κ3) is 6.83. The molecular weight excluding hydrogens is 487 g/mol. The van der Waals surface area contributed by atoms with Crippen LogP contribution in [0, 0.1) is 0 Å². The minimum Gasteiger partial charge on any atom is -0.356 e. The van der Waals surface area contributed by atoms with Gasteiger partial charge >= 0.3 is 0 Å². The highest BCUT2D eigenvalue weighted by Gasteiger charge is 2.12. The van der Waals surface area contributed by atoms with Crippen molar-refractivity contribution in [1.82, 2.24) is 25.2 Å². The topological polar surface area (TPSA) is 67.1 Å². The molecule has 2 aromatic heterocycles. The molecule has 0 fully saturated rings. The van der Waals surface area contributed by atoms with Crippen molar-refractivity contribution in [2.75, 3.05) is 13.6 Å². The molecule has 30 heavy (non-hydrogen) atoms. The normalized spacial score (nSPS) is 11.7. The zero-order chi connectivity index (χ0) is 20.7. The summed E-state index contributed by atoms with van der Waals surface area (Å²) in [4.78, 5) is 12.8. The van der Waals surface area contributed by atoms with E-state index in [9.17, 15) is 0 Å². The molecule has 0 spiro atoms. The van der Waals surface area contributed by atoms with Crippen molar-refractivity contribution in [3.8, 4) is 5.82 Å². The fourth-order valence-electron chi connectivity index (χ4n) is 2.97. The molecule has 0 saturated heterocycles. The van der Waals surface area contributed by atoms with Crippen LogP contribution in [-0.4, -0.2) is 34.1 Å².